The maximum absolute atomic E-state index is 5.72. The standard InChI is InChI=1S/C28H57NO/c1-7-8-9-10-11-12-13-14-15-16-17-18-19-20-21-22-23-29-27(2,3)24-26(30-6)25-28(29,4)5/h26H,7-25H2,1-6H3. The Kier molecular flexibility index (Phi) is 14.6. The maximum Gasteiger partial charge on any atom is 0.0606 e. The molecule has 0 aliphatic carbocycles. The average molecular weight is 424 g/mol. The topological polar surface area (TPSA) is 12.5 Å². The Morgan fingerprint density at radius 1 is 0.600 bits per heavy atom. The Bertz CT molecular complexity index is 385. The van der Waals surface area contributed by atoms with Crippen LogP contribution in [0.1, 0.15) is 150 Å². The summed E-state index contributed by atoms with van der Waals surface area (Å²) in [6, 6.07) is 0. The lowest BCUT2D eigenvalue weighted by molar-refractivity contribution is -0.0930. The van der Waals surface area contributed by atoms with Crippen molar-refractivity contribution in [2.45, 2.75) is 167 Å². The van der Waals surface area contributed by atoms with Gasteiger partial charge < -0.3 is 4.74 Å². The van der Waals surface area contributed by atoms with Gasteiger partial charge in [0.05, 0.1) is 6.10 Å². The van der Waals surface area contributed by atoms with Crippen LogP contribution in [-0.4, -0.2) is 35.7 Å². The van der Waals surface area contributed by atoms with Crippen LogP contribution in [0.15, 0.2) is 0 Å². The zero-order chi connectivity index (χ0) is 22.3. The lowest BCUT2D eigenvalue weighted by Crippen LogP contribution is -2.62. The molecule has 0 atom stereocenters. The molecule has 0 radical (unpaired) electrons. The van der Waals surface area contributed by atoms with Gasteiger partial charge in [-0.2, -0.15) is 0 Å². The predicted molar refractivity (Wildman–Crippen MR) is 134 cm³/mol. The first-order valence-electron chi connectivity index (χ1n) is 13.6. The van der Waals surface area contributed by atoms with Crippen molar-refractivity contribution >= 4 is 0 Å². The second-order valence-corrected chi connectivity index (χ2v) is 11.3. The number of methoxy groups -OCH3 is 1. The molecule has 0 saturated carbocycles. The van der Waals surface area contributed by atoms with Crippen LogP contribution < -0.4 is 0 Å². The van der Waals surface area contributed by atoms with E-state index in [9.17, 15) is 0 Å². The minimum atomic E-state index is 0.248. The molecule has 0 amide bonds. The molecule has 0 aromatic carbocycles. The fourth-order valence-electron chi connectivity index (χ4n) is 5.82. The quantitative estimate of drug-likeness (QED) is 0.204. The number of rotatable bonds is 18. The Morgan fingerprint density at radius 3 is 1.27 bits per heavy atom. The molecule has 1 saturated heterocycles. The van der Waals surface area contributed by atoms with E-state index >= 15 is 0 Å². The van der Waals surface area contributed by atoms with Crippen LogP contribution in [0.3, 0.4) is 0 Å². The van der Waals surface area contributed by atoms with Gasteiger partial charge in [-0.3, -0.25) is 4.90 Å². The van der Waals surface area contributed by atoms with E-state index in [-0.39, 0.29) is 11.1 Å². The lowest BCUT2D eigenvalue weighted by atomic mass is 9.78. The van der Waals surface area contributed by atoms with Gasteiger partial charge in [0.1, 0.15) is 0 Å². The van der Waals surface area contributed by atoms with Crippen LogP contribution in [-0.2, 0) is 4.74 Å². The summed E-state index contributed by atoms with van der Waals surface area (Å²) >= 11 is 0. The molecule has 1 heterocycles. The molecule has 0 N–H and O–H groups in total. The van der Waals surface area contributed by atoms with Crippen LogP contribution in [0, 0.1) is 0 Å². The van der Waals surface area contributed by atoms with Crippen LogP contribution in [0.5, 0.6) is 0 Å². The smallest absolute Gasteiger partial charge is 0.0606 e. The maximum atomic E-state index is 5.72. The van der Waals surface area contributed by atoms with Gasteiger partial charge in [0.2, 0.25) is 0 Å². The Labute approximate surface area is 190 Å². The van der Waals surface area contributed by atoms with E-state index in [0.717, 1.165) is 12.8 Å². The highest BCUT2D eigenvalue weighted by atomic mass is 16.5. The number of hydrogen-bond donors (Lipinski definition) is 0. The summed E-state index contributed by atoms with van der Waals surface area (Å²) in [6.45, 7) is 13.2. The van der Waals surface area contributed by atoms with Gasteiger partial charge in [-0.25, -0.2) is 0 Å². The average Bonchev–Trinajstić information content (AvgIpc) is 2.68. The summed E-state index contributed by atoms with van der Waals surface area (Å²) < 4.78 is 5.72. The highest BCUT2D eigenvalue weighted by Crippen LogP contribution is 2.39. The second kappa shape index (κ2) is 15.7. The predicted octanol–water partition coefficient (Wildman–Crippen LogP) is 8.92. The molecule has 0 bridgehead atoms. The van der Waals surface area contributed by atoms with Crippen molar-refractivity contribution in [3.63, 3.8) is 0 Å². The van der Waals surface area contributed by atoms with E-state index in [2.05, 4.69) is 39.5 Å². The Balaban J connectivity index is 1.96. The summed E-state index contributed by atoms with van der Waals surface area (Å²) in [5.74, 6) is 0. The van der Waals surface area contributed by atoms with E-state index in [1.807, 2.05) is 7.11 Å². The molecule has 1 aliphatic rings. The number of piperidine rings is 1. The SMILES string of the molecule is CCCCCCCCCCCCCCCCCCN1C(C)(C)CC(OC)CC1(C)C. The highest BCUT2D eigenvalue weighted by molar-refractivity contribution is 5.00. The Morgan fingerprint density at radius 2 is 0.933 bits per heavy atom. The number of unbranched alkanes of at least 4 members (excludes halogenated alkanes) is 15. The van der Waals surface area contributed by atoms with Crippen molar-refractivity contribution in [3.8, 4) is 0 Å². The minimum absolute atomic E-state index is 0.248. The zero-order valence-electron chi connectivity index (χ0n) is 21.9. The summed E-state index contributed by atoms with van der Waals surface area (Å²) in [6.07, 6.45) is 25.8. The largest absolute Gasteiger partial charge is 0.381 e. The normalized spacial score (nSPS) is 19.4. The number of nitrogens with zero attached hydrogens (tertiary/aromatic N) is 1. The number of ether oxygens (including phenoxy) is 1. The van der Waals surface area contributed by atoms with Crippen molar-refractivity contribution in [1.29, 1.82) is 0 Å². The number of likely N-dealkylation sites (tertiary alicyclic amines) is 1. The van der Waals surface area contributed by atoms with Crippen molar-refractivity contribution in [3.05, 3.63) is 0 Å². The van der Waals surface area contributed by atoms with Crippen molar-refractivity contribution in [1.82, 2.24) is 4.90 Å². The van der Waals surface area contributed by atoms with Crippen molar-refractivity contribution < 1.29 is 4.74 Å². The molecule has 0 aromatic heterocycles. The van der Waals surface area contributed by atoms with Crippen LogP contribution >= 0.6 is 0 Å². The lowest BCUT2D eigenvalue weighted by Gasteiger charge is -2.55. The third kappa shape index (κ3) is 11.5. The van der Waals surface area contributed by atoms with E-state index in [1.165, 1.54) is 109 Å². The highest BCUT2D eigenvalue weighted by Gasteiger charge is 2.44. The summed E-state index contributed by atoms with van der Waals surface area (Å²) in [4.78, 5) is 2.76. The van der Waals surface area contributed by atoms with E-state index in [1.54, 1.807) is 0 Å². The van der Waals surface area contributed by atoms with Gasteiger partial charge in [0.15, 0.2) is 0 Å². The van der Waals surface area contributed by atoms with Crippen LogP contribution in [0.4, 0.5) is 0 Å². The molecule has 1 fully saturated rings. The van der Waals surface area contributed by atoms with Gasteiger partial charge in [-0.05, 0) is 53.5 Å². The van der Waals surface area contributed by atoms with E-state index in [4.69, 9.17) is 4.74 Å². The van der Waals surface area contributed by atoms with Gasteiger partial charge in [0.25, 0.3) is 0 Å². The van der Waals surface area contributed by atoms with Gasteiger partial charge >= 0.3 is 0 Å². The van der Waals surface area contributed by atoms with Gasteiger partial charge in [-0.1, -0.05) is 103 Å². The molecule has 0 spiro atoms. The first-order valence-corrected chi connectivity index (χ1v) is 13.6. The molecule has 0 aromatic rings. The first-order chi connectivity index (χ1) is 14.3. The van der Waals surface area contributed by atoms with Gasteiger partial charge in [0, 0.05) is 18.2 Å². The molecule has 1 aliphatic heterocycles. The molecular weight excluding hydrogens is 366 g/mol. The summed E-state index contributed by atoms with van der Waals surface area (Å²) in [7, 11) is 1.88. The second-order valence-electron chi connectivity index (χ2n) is 11.3. The third-order valence-corrected chi connectivity index (χ3v) is 7.48. The molecule has 1 rings (SSSR count). The van der Waals surface area contributed by atoms with E-state index < -0.39 is 0 Å². The summed E-state index contributed by atoms with van der Waals surface area (Å²) in [5.41, 5.74) is 0.496. The van der Waals surface area contributed by atoms with Crippen LogP contribution in [0.25, 0.3) is 0 Å². The van der Waals surface area contributed by atoms with Crippen molar-refractivity contribution in [2.75, 3.05) is 13.7 Å². The Hall–Kier alpha value is -0.0800. The molecule has 0 unspecified atom stereocenters. The fourth-order valence-corrected chi connectivity index (χ4v) is 5.82. The first kappa shape index (κ1) is 28.0. The zero-order valence-corrected chi connectivity index (χ0v) is 21.9. The van der Waals surface area contributed by atoms with Gasteiger partial charge in [-0.15, -0.1) is 0 Å². The number of hydrogen-bond acceptors (Lipinski definition) is 2. The summed E-state index contributed by atoms with van der Waals surface area (Å²) in [5, 5.41) is 0. The third-order valence-electron chi connectivity index (χ3n) is 7.48. The van der Waals surface area contributed by atoms with E-state index in [0.29, 0.717) is 6.10 Å². The molecule has 30 heavy (non-hydrogen) atoms. The van der Waals surface area contributed by atoms with Crippen LogP contribution in [0.2, 0.25) is 0 Å². The molecule has 2 nitrogen and oxygen atoms in total. The fraction of sp³-hybridized carbons (Fsp3) is 1.00. The van der Waals surface area contributed by atoms with Crippen molar-refractivity contribution in [2.24, 2.45) is 0 Å². The minimum Gasteiger partial charge on any atom is -0.381 e. The molecule has 2 heteroatoms. The monoisotopic (exact) mass is 423 g/mol. The molecular formula is C28H57NO. The molecule has 180 valence electrons.